The molecule has 1 N–H and O–H groups in total. The van der Waals surface area contributed by atoms with Gasteiger partial charge in [0.25, 0.3) is 5.91 Å². The monoisotopic (exact) mass is 303 g/mol. The molecule has 4 nitrogen and oxygen atoms in total. The van der Waals surface area contributed by atoms with Crippen LogP contribution in [0.5, 0.6) is 5.75 Å². The quantitative estimate of drug-likeness (QED) is 0.860. The van der Waals surface area contributed by atoms with E-state index in [1.165, 1.54) is 6.07 Å². The van der Waals surface area contributed by atoms with E-state index in [0.29, 0.717) is 22.6 Å². The van der Waals surface area contributed by atoms with E-state index in [1.807, 2.05) is 31.2 Å². The van der Waals surface area contributed by atoms with E-state index < -0.39 is 0 Å². The summed E-state index contributed by atoms with van der Waals surface area (Å²) in [6.07, 6.45) is 0.695. The summed E-state index contributed by atoms with van der Waals surface area (Å²) in [4.78, 5) is 22.4. The number of halogens is 1. The minimum atomic E-state index is -0.278. The third kappa shape index (κ3) is 4.07. The minimum absolute atomic E-state index is 0.158. The Kier molecular flexibility index (Phi) is 4.95. The number of aldehydes is 1. The zero-order chi connectivity index (χ0) is 15.2. The Morgan fingerprint density at radius 3 is 2.71 bits per heavy atom. The molecule has 2 rings (SSSR count). The first kappa shape index (κ1) is 15.1. The van der Waals surface area contributed by atoms with Crippen LogP contribution in [0.2, 0.25) is 5.02 Å². The first-order valence-electron chi connectivity index (χ1n) is 6.33. The molecule has 0 spiro atoms. The molecule has 0 radical (unpaired) electrons. The summed E-state index contributed by atoms with van der Waals surface area (Å²) in [5.41, 5.74) is 2.17. The summed E-state index contributed by atoms with van der Waals surface area (Å²) in [6, 6.07) is 12.1. The Hall–Kier alpha value is -2.33. The van der Waals surface area contributed by atoms with Crippen molar-refractivity contribution in [2.24, 2.45) is 0 Å². The van der Waals surface area contributed by atoms with E-state index in [0.717, 1.165) is 11.3 Å². The van der Waals surface area contributed by atoms with Crippen molar-refractivity contribution >= 4 is 29.5 Å². The molecular formula is C16H14ClNO3. The van der Waals surface area contributed by atoms with Crippen molar-refractivity contribution in [3.05, 3.63) is 58.6 Å². The van der Waals surface area contributed by atoms with Gasteiger partial charge in [-0.1, -0.05) is 29.8 Å². The number of aryl methyl sites for hydroxylation is 1. The summed E-state index contributed by atoms with van der Waals surface area (Å²) in [5, 5.41) is 3.05. The van der Waals surface area contributed by atoms with Gasteiger partial charge in [0, 0.05) is 11.3 Å². The molecule has 0 aromatic heterocycles. The van der Waals surface area contributed by atoms with Gasteiger partial charge in [0.15, 0.2) is 6.61 Å². The normalized spacial score (nSPS) is 10.0. The standard InChI is InChI=1S/C16H14ClNO3/c1-11-4-2-3-5-14(11)18-16(20)10-21-15-7-6-12(9-19)8-13(15)17/h2-9H,10H2,1H3,(H,18,20). The van der Waals surface area contributed by atoms with Crippen molar-refractivity contribution in [3.8, 4) is 5.75 Å². The highest BCUT2D eigenvalue weighted by Crippen LogP contribution is 2.25. The number of para-hydroxylation sites is 1. The van der Waals surface area contributed by atoms with Crippen LogP contribution in [0.4, 0.5) is 5.69 Å². The van der Waals surface area contributed by atoms with Crippen molar-refractivity contribution in [2.45, 2.75) is 6.92 Å². The second-order valence-corrected chi connectivity index (χ2v) is 4.87. The van der Waals surface area contributed by atoms with Gasteiger partial charge in [0.1, 0.15) is 12.0 Å². The van der Waals surface area contributed by atoms with Crippen LogP contribution in [-0.2, 0) is 4.79 Å². The maximum Gasteiger partial charge on any atom is 0.262 e. The summed E-state index contributed by atoms with van der Waals surface area (Å²) in [5.74, 6) is 0.0852. The van der Waals surface area contributed by atoms with E-state index in [9.17, 15) is 9.59 Å². The lowest BCUT2D eigenvalue weighted by molar-refractivity contribution is -0.118. The smallest absolute Gasteiger partial charge is 0.262 e. The van der Waals surface area contributed by atoms with Crippen molar-refractivity contribution in [2.75, 3.05) is 11.9 Å². The van der Waals surface area contributed by atoms with Gasteiger partial charge >= 0.3 is 0 Å². The highest BCUT2D eigenvalue weighted by Gasteiger charge is 2.08. The molecule has 2 aromatic carbocycles. The number of hydrogen-bond donors (Lipinski definition) is 1. The highest BCUT2D eigenvalue weighted by atomic mass is 35.5. The SMILES string of the molecule is Cc1ccccc1NC(=O)COc1ccc(C=O)cc1Cl. The Balaban J connectivity index is 1.95. The van der Waals surface area contributed by atoms with E-state index >= 15 is 0 Å². The number of ether oxygens (including phenoxy) is 1. The van der Waals surface area contributed by atoms with Gasteiger partial charge in [-0.05, 0) is 36.8 Å². The molecule has 5 heteroatoms. The van der Waals surface area contributed by atoms with Crippen molar-refractivity contribution in [3.63, 3.8) is 0 Å². The van der Waals surface area contributed by atoms with Gasteiger partial charge in [0.05, 0.1) is 5.02 Å². The third-order valence-electron chi connectivity index (χ3n) is 2.87. The summed E-state index contributed by atoms with van der Waals surface area (Å²) in [6.45, 7) is 1.75. The van der Waals surface area contributed by atoms with Crippen molar-refractivity contribution < 1.29 is 14.3 Å². The van der Waals surface area contributed by atoms with E-state index in [-0.39, 0.29) is 12.5 Å². The second-order valence-electron chi connectivity index (χ2n) is 4.46. The number of hydrogen-bond acceptors (Lipinski definition) is 3. The first-order chi connectivity index (χ1) is 10.1. The molecule has 0 aliphatic carbocycles. The fraction of sp³-hybridized carbons (Fsp3) is 0.125. The molecule has 0 aliphatic heterocycles. The maximum atomic E-state index is 11.8. The molecule has 0 unspecified atom stereocenters. The fourth-order valence-corrected chi connectivity index (χ4v) is 1.99. The van der Waals surface area contributed by atoms with Gasteiger partial charge < -0.3 is 10.1 Å². The van der Waals surface area contributed by atoms with Gasteiger partial charge in [-0.25, -0.2) is 0 Å². The predicted molar refractivity (Wildman–Crippen MR) is 82.1 cm³/mol. The van der Waals surface area contributed by atoms with Crippen LogP contribution < -0.4 is 10.1 Å². The Bertz CT molecular complexity index is 670. The molecule has 0 atom stereocenters. The molecule has 0 saturated carbocycles. The lowest BCUT2D eigenvalue weighted by atomic mass is 10.2. The van der Waals surface area contributed by atoms with E-state index in [1.54, 1.807) is 12.1 Å². The number of carbonyl (C=O) groups excluding carboxylic acids is 2. The molecule has 0 fully saturated rings. The van der Waals surface area contributed by atoms with E-state index in [2.05, 4.69) is 5.32 Å². The molecule has 0 bridgehead atoms. The van der Waals surface area contributed by atoms with Crippen LogP contribution >= 0.6 is 11.6 Å². The average Bonchev–Trinajstić information content (AvgIpc) is 2.48. The third-order valence-corrected chi connectivity index (χ3v) is 3.17. The molecule has 21 heavy (non-hydrogen) atoms. The molecule has 108 valence electrons. The number of rotatable bonds is 5. The fourth-order valence-electron chi connectivity index (χ4n) is 1.75. The number of carbonyl (C=O) groups is 2. The Morgan fingerprint density at radius 1 is 1.29 bits per heavy atom. The zero-order valence-electron chi connectivity index (χ0n) is 11.4. The van der Waals surface area contributed by atoms with Gasteiger partial charge in [-0.2, -0.15) is 0 Å². The molecule has 2 aromatic rings. The minimum Gasteiger partial charge on any atom is -0.482 e. The van der Waals surface area contributed by atoms with Crippen molar-refractivity contribution in [1.82, 2.24) is 0 Å². The highest BCUT2D eigenvalue weighted by molar-refractivity contribution is 6.32. The van der Waals surface area contributed by atoms with Gasteiger partial charge in [-0.3, -0.25) is 9.59 Å². The lowest BCUT2D eigenvalue weighted by Gasteiger charge is -2.10. The van der Waals surface area contributed by atoms with Crippen LogP contribution in [0.1, 0.15) is 15.9 Å². The van der Waals surface area contributed by atoms with Gasteiger partial charge in [0.2, 0.25) is 0 Å². The molecule has 1 amide bonds. The van der Waals surface area contributed by atoms with Crippen LogP contribution in [0.15, 0.2) is 42.5 Å². The second kappa shape index (κ2) is 6.90. The van der Waals surface area contributed by atoms with Crippen LogP contribution in [0.25, 0.3) is 0 Å². The Morgan fingerprint density at radius 2 is 2.05 bits per heavy atom. The van der Waals surface area contributed by atoms with Crippen LogP contribution in [-0.4, -0.2) is 18.8 Å². The number of anilines is 1. The number of benzene rings is 2. The van der Waals surface area contributed by atoms with Crippen LogP contribution in [0.3, 0.4) is 0 Å². The number of nitrogens with one attached hydrogen (secondary N) is 1. The summed E-state index contributed by atoms with van der Waals surface area (Å²) in [7, 11) is 0. The molecular weight excluding hydrogens is 290 g/mol. The zero-order valence-corrected chi connectivity index (χ0v) is 12.2. The van der Waals surface area contributed by atoms with Crippen molar-refractivity contribution in [1.29, 1.82) is 0 Å². The lowest BCUT2D eigenvalue weighted by Crippen LogP contribution is -2.20. The first-order valence-corrected chi connectivity index (χ1v) is 6.71. The summed E-state index contributed by atoms with van der Waals surface area (Å²) >= 11 is 5.96. The topological polar surface area (TPSA) is 55.4 Å². The van der Waals surface area contributed by atoms with Crippen LogP contribution in [0, 0.1) is 6.92 Å². The predicted octanol–water partition coefficient (Wildman–Crippen LogP) is 3.48. The van der Waals surface area contributed by atoms with E-state index in [4.69, 9.17) is 16.3 Å². The molecule has 0 aliphatic rings. The Labute approximate surface area is 127 Å². The average molecular weight is 304 g/mol. The largest absolute Gasteiger partial charge is 0.482 e. The molecule has 0 saturated heterocycles. The van der Waals surface area contributed by atoms with Gasteiger partial charge in [-0.15, -0.1) is 0 Å². The summed E-state index contributed by atoms with van der Waals surface area (Å²) < 4.78 is 5.35. The maximum absolute atomic E-state index is 11.8. The molecule has 0 heterocycles. The number of amides is 1.